The maximum absolute atomic E-state index is 10.5. The molecule has 19 heavy (non-hydrogen) atoms. The van der Waals surface area contributed by atoms with Crippen LogP contribution in [0.15, 0.2) is 24.3 Å². The largest absolute Gasteiger partial charge is 0.481 e. The Labute approximate surface area is 120 Å². The summed E-state index contributed by atoms with van der Waals surface area (Å²) >= 11 is 0. The Hall–Kier alpha value is -1.26. The first-order chi connectivity index (χ1) is 8.66. The van der Waals surface area contributed by atoms with E-state index in [1.165, 1.54) is 11.3 Å². The molecule has 0 radical (unpaired) electrons. The predicted molar refractivity (Wildman–Crippen MR) is 79.3 cm³/mol. The molecule has 1 aliphatic heterocycles. The summed E-state index contributed by atoms with van der Waals surface area (Å²) in [6.07, 6.45) is 0.240. The lowest BCUT2D eigenvalue weighted by atomic mass is 10.1. The molecule has 0 spiro atoms. The van der Waals surface area contributed by atoms with Crippen molar-refractivity contribution in [2.75, 3.05) is 37.6 Å². The predicted octanol–water partition coefficient (Wildman–Crippen LogP) is 2.01. The van der Waals surface area contributed by atoms with E-state index in [2.05, 4.69) is 41.0 Å². The molecule has 4 nitrogen and oxygen atoms in total. The number of piperazine rings is 1. The van der Waals surface area contributed by atoms with Gasteiger partial charge in [0.2, 0.25) is 0 Å². The SMILES string of the molecule is Cc1ccccc1N1CCN(CCC(=O)O)CC1.Cl. The number of para-hydroxylation sites is 1. The first kappa shape index (κ1) is 15.8. The summed E-state index contributed by atoms with van der Waals surface area (Å²) in [5.74, 6) is -0.712. The molecule has 0 aliphatic carbocycles. The fourth-order valence-corrected chi connectivity index (χ4v) is 2.38. The highest BCUT2D eigenvalue weighted by molar-refractivity contribution is 5.85. The zero-order chi connectivity index (χ0) is 13.0. The maximum Gasteiger partial charge on any atom is 0.304 e. The molecule has 1 aliphatic rings. The molecule has 1 saturated heterocycles. The van der Waals surface area contributed by atoms with Crippen LogP contribution in [0.5, 0.6) is 0 Å². The molecule has 106 valence electrons. The van der Waals surface area contributed by atoms with Crippen LogP contribution in [0.1, 0.15) is 12.0 Å². The van der Waals surface area contributed by atoms with Gasteiger partial charge < -0.3 is 10.0 Å². The van der Waals surface area contributed by atoms with E-state index in [0.29, 0.717) is 6.54 Å². The van der Waals surface area contributed by atoms with Gasteiger partial charge in [0, 0.05) is 38.4 Å². The van der Waals surface area contributed by atoms with Crippen LogP contribution < -0.4 is 4.90 Å². The van der Waals surface area contributed by atoms with E-state index in [1.54, 1.807) is 0 Å². The van der Waals surface area contributed by atoms with E-state index in [9.17, 15) is 4.79 Å². The molecule has 5 heteroatoms. The topological polar surface area (TPSA) is 43.8 Å². The van der Waals surface area contributed by atoms with Crippen molar-refractivity contribution in [1.82, 2.24) is 4.90 Å². The second kappa shape index (κ2) is 7.36. The number of nitrogens with zero attached hydrogens (tertiary/aromatic N) is 2. The number of halogens is 1. The second-order valence-electron chi connectivity index (χ2n) is 4.76. The van der Waals surface area contributed by atoms with Crippen LogP contribution in [0.3, 0.4) is 0 Å². The van der Waals surface area contributed by atoms with Gasteiger partial charge in [-0.1, -0.05) is 18.2 Å². The van der Waals surface area contributed by atoms with E-state index in [-0.39, 0.29) is 18.8 Å². The number of rotatable bonds is 4. The lowest BCUT2D eigenvalue weighted by molar-refractivity contribution is -0.137. The van der Waals surface area contributed by atoms with Gasteiger partial charge in [-0.2, -0.15) is 0 Å². The standard InChI is InChI=1S/C14H20N2O2.ClH/c1-12-4-2-3-5-13(12)16-10-8-15(9-11-16)7-6-14(17)18;/h2-5H,6-11H2,1H3,(H,17,18);1H. The number of carboxylic acids is 1. The van der Waals surface area contributed by atoms with E-state index in [1.807, 2.05) is 0 Å². The first-order valence-corrected chi connectivity index (χ1v) is 6.41. The third kappa shape index (κ3) is 4.40. The van der Waals surface area contributed by atoms with Crippen molar-refractivity contribution in [1.29, 1.82) is 0 Å². The van der Waals surface area contributed by atoms with Gasteiger partial charge in [0.1, 0.15) is 0 Å². The second-order valence-corrected chi connectivity index (χ2v) is 4.76. The quantitative estimate of drug-likeness (QED) is 0.919. The molecule has 1 fully saturated rings. The van der Waals surface area contributed by atoms with E-state index in [0.717, 1.165) is 26.2 Å². The summed E-state index contributed by atoms with van der Waals surface area (Å²) in [6, 6.07) is 8.41. The number of hydrogen-bond donors (Lipinski definition) is 1. The van der Waals surface area contributed by atoms with Gasteiger partial charge in [0.05, 0.1) is 6.42 Å². The van der Waals surface area contributed by atoms with Gasteiger partial charge in [-0.15, -0.1) is 12.4 Å². The normalized spacial score (nSPS) is 15.9. The highest BCUT2D eigenvalue weighted by Crippen LogP contribution is 2.20. The van der Waals surface area contributed by atoms with Gasteiger partial charge in [-0.3, -0.25) is 9.69 Å². The molecule has 0 atom stereocenters. The third-order valence-corrected chi connectivity index (χ3v) is 3.47. The Bertz CT molecular complexity index is 418. The van der Waals surface area contributed by atoms with Crippen molar-refractivity contribution >= 4 is 24.1 Å². The van der Waals surface area contributed by atoms with E-state index in [4.69, 9.17) is 5.11 Å². The van der Waals surface area contributed by atoms with Crippen LogP contribution in [-0.4, -0.2) is 48.7 Å². The van der Waals surface area contributed by atoms with Crippen LogP contribution in [-0.2, 0) is 4.79 Å². The summed E-state index contributed by atoms with van der Waals surface area (Å²) in [5, 5.41) is 8.67. The molecular formula is C14H21ClN2O2. The van der Waals surface area contributed by atoms with Gasteiger partial charge in [-0.25, -0.2) is 0 Å². The van der Waals surface area contributed by atoms with Gasteiger partial charge in [0.15, 0.2) is 0 Å². The van der Waals surface area contributed by atoms with Gasteiger partial charge in [-0.05, 0) is 18.6 Å². The maximum atomic E-state index is 10.5. The molecule has 0 bridgehead atoms. The summed E-state index contributed by atoms with van der Waals surface area (Å²) in [6.45, 7) is 6.64. The van der Waals surface area contributed by atoms with Crippen molar-refractivity contribution < 1.29 is 9.90 Å². The Morgan fingerprint density at radius 2 is 1.84 bits per heavy atom. The lowest BCUT2D eigenvalue weighted by Crippen LogP contribution is -2.47. The monoisotopic (exact) mass is 284 g/mol. The highest BCUT2D eigenvalue weighted by atomic mass is 35.5. The zero-order valence-electron chi connectivity index (χ0n) is 11.2. The third-order valence-electron chi connectivity index (χ3n) is 3.47. The number of carboxylic acid groups (broad SMARTS) is 1. The minimum atomic E-state index is -0.712. The van der Waals surface area contributed by atoms with E-state index >= 15 is 0 Å². The summed E-state index contributed by atoms with van der Waals surface area (Å²) < 4.78 is 0. The van der Waals surface area contributed by atoms with Crippen LogP contribution in [0.4, 0.5) is 5.69 Å². The van der Waals surface area contributed by atoms with Crippen LogP contribution >= 0.6 is 12.4 Å². The zero-order valence-corrected chi connectivity index (χ0v) is 12.0. The Kier molecular flexibility index (Phi) is 6.12. The molecule has 0 aromatic heterocycles. The summed E-state index contributed by atoms with van der Waals surface area (Å²) in [5.41, 5.74) is 2.60. The number of aliphatic carboxylic acids is 1. The minimum absolute atomic E-state index is 0. The Balaban J connectivity index is 0.00000180. The average Bonchev–Trinajstić information content (AvgIpc) is 2.38. The number of hydrogen-bond acceptors (Lipinski definition) is 3. The van der Waals surface area contributed by atoms with Gasteiger partial charge in [0.25, 0.3) is 0 Å². The molecule has 1 N–H and O–H groups in total. The van der Waals surface area contributed by atoms with Crippen molar-refractivity contribution in [3.05, 3.63) is 29.8 Å². The molecule has 2 rings (SSSR count). The molecular weight excluding hydrogens is 264 g/mol. The fourth-order valence-electron chi connectivity index (χ4n) is 2.38. The molecule has 0 amide bonds. The van der Waals surface area contributed by atoms with Crippen molar-refractivity contribution in [2.24, 2.45) is 0 Å². The number of carbonyl (C=O) groups is 1. The number of anilines is 1. The smallest absolute Gasteiger partial charge is 0.304 e. The molecule has 1 aromatic carbocycles. The summed E-state index contributed by atoms with van der Waals surface area (Å²) in [4.78, 5) is 15.1. The molecule has 0 saturated carbocycles. The molecule has 0 unspecified atom stereocenters. The average molecular weight is 285 g/mol. The van der Waals surface area contributed by atoms with E-state index < -0.39 is 5.97 Å². The van der Waals surface area contributed by atoms with Crippen LogP contribution in [0, 0.1) is 6.92 Å². The Morgan fingerprint density at radius 3 is 2.42 bits per heavy atom. The summed E-state index contributed by atoms with van der Waals surface area (Å²) in [7, 11) is 0. The number of benzene rings is 1. The fraction of sp³-hybridized carbons (Fsp3) is 0.500. The van der Waals surface area contributed by atoms with Gasteiger partial charge >= 0.3 is 5.97 Å². The minimum Gasteiger partial charge on any atom is -0.481 e. The van der Waals surface area contributed by atoms with Crippen LogP contribution in [0.2, 0.25) is 0 Å². The Morgan fingerprint density at radius 1 is 1.21 bits per heavy atom. The number of aryl methyl sites for hydroxylation is 1. The highest BCUT2D eigenvalue weighted by Gasteiger charge is 2.18. The van der Waals surface area contributed by atoms with Crippen molar-refractivity contribution in [3.8, 4) is 0 Å². The first-order valence-electron chi connectivity index (χ1n) is 6.41. The molecule has 1 heterocycles. The molecule has 1 aromatic rings. The lowest BCUT2D eigenvalue weighted by Gasteiger charge is -2.36. The van der Waals surface area contributed by atoms with Crippen molar-refractivity contribution in [3.63, 3.8) is 0 Å². The van der Waals surface area contributed by atoms with Crippen LogP contribution in [0.25, 0.3) is 0 Å². The van der Waals surface area contributed by atoms with Crippen molar-refractivity contribution in [2.45, 2.75) is 13.3 Å².